The van der Waals surface area contributed by atoms with E-state index in [2.05, 4.69) is 10.2 Å². The van der Waals surface area contributed by atoms with Crippen molar-refractivity contribution in [2.75, 3.05) is 37.8 Å². The number of rotatable bonds is 4. The number of carbonyl (C=O) groups excluding carboxylic acids is 1. The van der Waals surface area contributed by atoms with Gasteiger partial charge in [0.25, 0.3) is 0 Å². The van der Waals surface area contributed by atoms with Crippen LogP contribution in [-0.4, -0.2) is 48.2 Å². The minimum atomic E-state index is 0.0393. The minimum absolute atomic E-state index is 0.0393. The van der Waals surface area contributed by atoms with Crippen LogP contribution in [0.4, 0.5) is 11.5 Å². The lowest BCUT2D eigenvalue weighted by Crippen LogP contribution is -2.36. The van der Waals surface area contributed by atoms with Crippen molar-refractivity contribution in [1.82, 2.24) is 15.1 Å². The molecule has 0 saturated carbocycles. The third kappa shape index (κ3) is 2.61. The topological polar surface area (TPSA) is 78.2 Å². The number of nitrogens with two attached hydrogens (primary N) is 1. The van der Waals surface area contributed by atoms with Crippen LogP contribution in [0.5, 0.6) is 0 Å². The Labute approximate surface area is 89.0 Å². The predicted octanol–water partition coefficient (Wildman–Crippen LogP) is -0.0936. The number of carbonyl (C=O) groups is 1. The van der Waals surface area contributed by atoms with Crippen molar-refractivity contribution >= 4 is 17.4 Å². The number of nitrogens with one attached hydrogen (secondary N) is 1. The molecule has 15 heavy (non-hydrogen) atoms. The fraction of sp³-hybridized carbons (Fsp3) is 0.556. The summed E-state index contributed by atoms with van der Waals surface area (Å²) in [4.78, 5) is 15.0. The van der Waals surface area contributed by atoms with Crippen LogP contribution in [0.1, 0.15) is 6.92 Å². The molecule has 1 heterocycles. The highest BCUT2D eigenvalue weighted by Crippen LogP contribution is 2.18. The van der Waals surface area contributed by atoms with E-state index < -0.39 is 0 Å². The van der Waals surface area contributed by atoms with Crippen molar-refractivity contribution in [3.05, 3.63) is 6.20 Å². The summed E-state index contributed by atoms with van der Waals surface area (Å²) in [5.74, 6) is 0.529. The molecule has 0 aromatic carbocycles. The molecule has 84 valence electrons. The quantitative estimate of drug-likeness (QED) is 0.729. The zero-order chi connectivity index (χ0) is 11.4. The lowest BCUT2D eigenvalue weighted by Gasteiger charge is -2.22. The van der Waals surface area contributed by atoms with Crippen LogP contribution in [0.3, 0.4) is 0 Å². The molecule has 1 aromatic heterocycles. The van der Waals surface area contributed by atoms with Gasteiger partial charge in [0, 0.05) is 20.6 Å². The number of nitrogens with zero attached hydrogens (tertiary/aromatic N) is 3. The van der Waals surface area contributed by atoms with Gasteiger partial charge in [0.1, 0.15) is 5.82 Å². The van der Waals surface area contributed by atoms with Gasteiger partial charge < -0.3 is 15.5 Å². The van der Waals surface area contributed by atoms with Crippen LogP contribution >= 0.6 is 0 Å². The molecule has 1 rings (SSSR count). The molecule has 6 nitrogen and oxygen atoms in total. The third-order valence-electron chi connectivity index (χ3n) is 2.20. The zero-order valence-electron chi connectivity index (χ0n) is 9.32. The van der Waals surface area contributed by atoms with Crippen molar-refractivity contribution in [2.24, 2.45) is 0 Å². The van der Waals surface area contributed by atoms with Gasteiger partial charge in [0.2, 0.25) is 5.91 Å². The van der Waals surface area contributed by atoms with Gasteiger partial charge in [-0.2, -0.15) is 5.10 Å². The average Bonchev–Trinajstić information content (AvgIpc) is 2.60. The molecule has 0 aliphatic carbocycles. The Kier molecular flexibility index (Phi) is 3.54. The smallest absolute Gasteiger partial charge is 0.241 e. The summed E-state index contributed by atoms with van der Waals surface area (Å²) in [6.45, 7) is 2.99. The highest BCUT2D eigenvalue weighted by Gasteiger charge is 2.14. The number of aromatic amines is 1. The number of nitrogen functional groups attached to an aromatic ring is 1. The molecule has 0 spiro atoms. The first kappa shape index (κ1) is 11.4. The van der Waals surface area contributed by atoms with Crippen molar-refractivity contribution < 1.29 is 4.79 Å². The Balaban J connectivity index is 2.73. The first-order valence-corrected chi connectivity index (χ1v) is 4.80. The van der Waals surface area contributed by atoms with Crippen LogP contribution in [0.2, 0.25) is 0 Å². The van der Waals surface area contributed by atoms with Gasteiger partial charge in [-0.25, -0.2) is 0 Å². The van der Waals surface area contributed by atoms with Crippen LogP contribution < -0.4 is 10.6 Å². The average molecular weight is 211 g/mol. The molecular weight excluding hydrogens is 194 g/mol. The van der Waals surface area contributed by atoms with E-state index in [-0.39, 0.29) is 5.91 Å². The van der Waals surface area contributed by atoms with Crippen LogP contribution in [0.25, 0.3) is 0 Å². The van der Waals surface area contributed by atoms with Gasteiger partial charge in [-0.15, -0.1) is 0 Å². The number of likely N-dealkylation sites (N-methyl/N-ethyl adjacent to an activating group) is 2. The fourth-order valence-corrected chi connectivity index (χ4v) is 1.21. The van der Waals surface area contributed by atoms with Gasteiger partial charge in [-0.05, 0) is 6.92 Å². The fourth-order valence-electron chi connectivity index (χ4n) is 1.21. The van der Waals surface area contributed by atoms with Gasteiger partial charge in [0.05, 0.1) is 18.4 Å². The summed E-state index contributed by atoms with van der Waals surface area (Å²) in [5.41, 5.74) is 6.46. The lowest BCUT2D eigenvalue weighted by atomic mass is 10.4. The highest BCUT2D eigenvalue weighted by molar-refractivity contribution is 5.82. The van der Waals surface area contributed by atoms with Crippen molar-refractivity contribution in [3.63, 3.8) is 0 Å². The summed E-state index contributed by atoms with van der Waals surface area (Å²) in [5, 5.41) is 6.47. The van der Waals surface area contributed by atoms with E-state index >= 15 is 0 Å². The van der Waals surface area contributed by atoms with Gasteiger partial charge in [-0.3, -0.25) is 9.89 Å². The summed E-state index contributed by atoms with van der Waals surface area (Å²) in [7, 11) is 3.46. The molecule has 0 aliphatic rings. The minimum Gasteiger partial charge on any atom is -0.382 e. The zero-order valence-corrected chi connectivity index (χ0v) is 9.32. The molecule has 0 radical (unpaired) electrons. The summed E-state index contributed by atoms with van der Waals surface area (Å²) in [6, 6.07) is 0. The molecule has 0 atom stereocenters. The second kappa shape index (κ2) is 4.68. The number of hydrogen-bond donors (Lipinski definition) is 2. The first-order chi connectivity index (χ1) is 7.06. The Morgan fingerprint density at radius 1 is 1.60 bits per heavy atom. The third-order valence-corrected chi connectivity index (χ3v) is 2.20. The Morgan fingerprint density at radius 3 is 2.67 bits per heavy atom. The molecule has 3 N–H and O–H groups in total. The van der Waals surface area contributed by atoms with Crippen molar-refractivity contribution in [1.29, 1.82) is 0 Å². The molecular formula is C9H17N5O. The van der Waals surface area contributed by atoms with Crippen molar-refractivity contribution in [2.45, 2.75) is 6.92 Å². The van der Waals surface area contributed by atoms with E-state index in [1.54, 1.807) is 25.2 Å². The van der Waals surface area contributed by atoms with Gasteiger partial charge in [0.15, 0.2) is 0 Å². The maximum absolute atomic E-state index is 11.5. The molecule has 6 heteroatoms. The molecule has 0 fully saturated rings. The van der Waals surface area contributed by atoms with E-state index in [1.165, 1.54) is 0 Å². The number of amides is 1. The van der Waals surface area contributed by atoms with Crippen LogP contribution in [0.15, 0.2) is 6.20 Å². The second-order valence-corrected chi connectivity index (χ2v) is 3.47. The lowest BCUT2D eigenvalue weighted by molar-refractivity contribution is -0.127. The van der Waals surface area contributed by atoms with E-state index in [0.717, 1.165) is 5.69 Å². The SMILES string of the molecule is CCN(CC(=O)N(C)C)c1cn[nH]c1N. The van der Waals surface area contributed by atoms with Crippen LogP contribution in [-0.2, 0) is 4.79 Å². The van der Waals surface area contributed by atoms with E-state index in [4.69, 9.17) is 5.73 Å². The standard InChI is InChI=1S/C9H17N5O/c1-4-14(6-8(15)13(2)3)7-5-11-12-9(7)10/h5H,4,6H2,1-3H3,(H3,10,11,12). The second-order valence-electron chi connectivity index (χ2n) is 3.47. The molecule has 0 aliphatic heterocycles. The first-order valence-electron chi connectivity index (χ1n) is 4.80. The summed E-state index contributed by atoms with van der Waals surface area (Å²) < 4.78 is 0. The van der Waals surface area contributed by atoms with E-state index in [1.807, 2.05) is 11.8 Å². The van der Waals surface area contributed by atoms with Gasteiger partial charge >= 0.3 is 0 Å². The summed E-state index contributed by atoms with van der Waals surface area (Å²) >= 11 is 0. The molecule has 0 bridgehead atoms. The van der Waals surface area contributed by atoms with Crippen molar-refractivity contribution in [3.8, 4) is 0 Å². The predicted molar refractivity (Wildman–Crippen MR) is 59.6 cm³/mol. The number of H-pyrrole nitrogens is 1. The Hall–Kier alpha value is -1.72. The van der Waals surface area contributed by atoms with E-state index in [9.17, 15) is 4.79 Å². The number of aromatic nitrogens is 2. The summed E-state index contributed by atoms with van der Waals surface area (Å²) in [6.07, 6.45) is 1.63. The molecule has 0 saturated heterocycles. The Bertz CT molecular complexity index is 333. The Morgan fingerprint density at radius 2 is 2.27 bits per heavy atom. The van der Waals surface area contributed by atoms with Gasteiger partial charge in [-0.1, -0.05) is 0 Å². The number of anilines is 2. The molecule has 1 amide bonds. The molecule has 1 aromatic rings. The maximum Gasteiger partial charge on any atom is 0.241 e. The molecule has 0 unspecified atom stereocenters. The van der Waals surface area contributed by atoms with Crippen LogP contribution in [0, 0.1) is 0 Å². The largest absolute Gasteiger partial charge is 0.382 e. The van der Waals surface area contributed by atoms with E-state index in [0.29, 0.717) is 18.9 Å². The number of hydrogen-bond acceptors (Lipinski definition) is 4. The maximum atomic E-state index is 11.5. The monoisotopic (exact) mass is 211 g/mol. The normalized spacial score (nSPS) is 10.1. The highest BCUT2D eigenvalue weighted by atomic mass is 16.2.